The predicted molar refractivity (Wildman–Crippen MR) is 158 cm³/mol. The van der Waals surface area contributed by atoms with Crippen LogP contribution in [0.25, 0.3) is 0 Å². The summed E-state index contributed by atoms with van der Waals surface area (Å²) in [5.41, 5.74) is 14.2. The Morgan fingerprint density at radius 3 is 2.50 bits per heavy atom. The van der Waals surface area contributed by atoms with E-state index in [0.29, 0.717) is 23.8 Å². The smallest absolute Gasteiger partial charge is 0.323 e. The SMILES string of the molecule is CC(C)CCC[C@@H](C)[C@H]1CCC2C3CC=C4CC(OC(=O)C(N)CCCCCN)CC[C@]4(C)C3CC[C@@]21C. The third-order valence-corrected chi connectivity index (χ3v) is 12.1. The van der Waals surface area contributed by atoms with Crippen molar-refractivity contribution < 1.29 is 9.53 Å². The lowest BCUT2D eigenvalue weighted by molar-refractivity contribution is -0.153. The molecule has 3 fully saturated rings. The van der Waals surface area contributed by atoms with E-state index >= 15 is 0 Å². The number of carbonyl (C=O) groups excluding carboxylic acids is 1. The fourth-order valence-electron chi connectivity index (χ4n) is 9.81. The Kier molecular flexibility index (Phi) is 10.1. The molecule has 4 aliphatic carbocycles. The molecular formula is C34H60N2O2. The highest BCUT2D eigenvalue weighted by Gasteiger charge is 2.59. The second kappa shape index (κ2) is 12.8. The number of hydrogen-bond acceptors (Lipinski definition) is 4. The molecule has 0 heterocycles. The summed E-state index contributed by atoms with van der Waals surface area (Å²) in [6, 6.07) is -0.495. The van der Waals surface area contributed by atoms with Crippen molar-refractivity contribution in [3.8, 4) is 0 Å². The van der Waals surface area contributed by atoms with Crippen molar-refractivity contribution in [3.63, 3.8) is 0 Å². The highest BCUT2D eigenvalue weighted by atomic mass is 16.5. The molecule has 4 rings (SSSR count). The molecule has 0 saturated heterocycles. The van der Waals surface area contributed by atoms with E-state index in [9.17, 15) is 4.79 Å². The van der Waals surface area contributed by atoms with Gasteiger partial charge >= 0.3 is 5.97 Å². The van der Waals surface area contributed by atoms with Crippen molar-refractivity contribution >= 4 is 5.97 Å². The summed E-state index contributed by atoms with van der Waals surface area (Å²) in [4.78, 5) is 12.7. The van der Waals surface area contributed by atoms with Gasteiger partial charge in [0.05, 0.1) is 0 Å². The van der Waals surface area contributed by atoms with E-state index in [2.05, 4.69) is 40.7 Å². The minimum absolute atomic E-state index is 0.00451. The van der Waals surface area contributed by atoms with E-state index in [1.807, 2.05) is 0 Å². The number of unbranched alkanes of at least 4 members (excludes halogenated alkanes) is 2. The number of carbonyl (C=O) groups is 1. The summed E-state index contributed by atoms with van der Waals surface area (Å²) in [5, 5.41) is 0. The highest BCUT2D eigenvalue weighted by molar-refractivity contribution is 5.75. The second-order valence-corrected chi connectivity index (χ2v) is 14.8. The number of nitrogens with two attached hydrogens (primary N) is 2. The summed E-state index contributed by atoms with van der Waals surface area (Å²) in [5.74, 6) is 4.94. The van der Waals surface area contributed by atoms with Crippen molar-refractivity contribution in [2.24, 2.45) is 57.8 Å². The van der Waals surface area contributed by atoms with Gasteiger partial charge in [0.2, 0.25) is 0 Å². The summed E-state index contributed by atoms with van der Waals surface area (Å²) < 4.78 is 5.98. The zero-order valence-corrected chi connectivity index (χ0v) is 25.5. The second-order valence-electron chi connectivity index (χ2n) is 14.8. The average Bonchev–Trinajstić information content (AvgIpc) is 3.23. The van der Waals surface area contributed by atoms with Gasteiger partial charge in [-0.3, -0.25) is 4.79 Å². The summed E-state index contributed by atoms with van der Waals surface area (Å²) in [6.07, 6.45) is 20.5. The van der Waals surface area contributed by atoms with Crippen molar-refractivity contribution in [1.82, 2.24) is 0 Å². The van der Waals surface area contributed by atoms with Gasteiger partial charge in [0.15, 0.2) is 0 Å². The lowest BCUT2D eigenvalue weighted by Gasteiger charge is -2.58. The van der Waals surface area contributed by atoms with Crippen LogP contribution in [-0.4, -0.2) is 24.7 Å². The summed E-state index contributed by atoms with van der Waals surface area (Å²) >= 11 is 0. The molecular weight excluding hydrogens is 468 g/mol. The van der Waals surface area contributed by atoms with Crippen molar-refractivity contribution in [3.05, 3.63) is 11.6 Å². The number of hydrogen-bond donors (Lipinski definition) is 2. The van der Waals surface area contributed by atoms with E-state index in [4.69, 9.17) is 16.2 Å². The predicted octanol–water partition coefficient (Wildman–Crippen LogP) is 7.79. The lowest BCUT2D eigenvalue weighted by atomic mass is 9.47. The van der Waals surface area contributed by atoms with Gasteiger partial charge in [0.25, 0.3) is 0 Å². The zero-order chi connectivity index (χ0) is 27.5. The van der Waals surface area contributed by atoms with Gasteiger partial charge < -0.3 is 16.2 Å². The molecule has 4 aliphatic rings. The molecule has 218 valence electrons. The van der Waals surface area contributed by atoms with E-state index in [1.165, 1.54) is 51.4 Å². The molecule has 0 aromatic heterocycles. The van der Waals surface area contributed by atoms with Crippen LogP contribution < -0.4 is 11.5 Å². The average molecular weight is 529 g/mol. The first-order valence-electron chi connectivity index (χ1n) is 16.5. The molecule has 4 nitrogen and oxygen atoms in total. The first-order chi connectivity index (χ1) is 18.1. The Hall–Kier alpha value is -0.870. The van der Waals surface area contributed by atoms with Gasteiger partial charge in [-0.05, 0) is 111 Å². The van der Waals surface area contributed by atoms with Crippen LogP contribution in [-0.2, 0) is 9.53 Å². The van der Waals surface area contributed by atoms with Crippen LogP contribution in [0.5, 0.6) is 0 Å². The molecule has 4 heteroatoms. The Morgan fingerprint density at radius 2 is 1.76 bits per heavy atom. The molecule has 0 spiro atoms. The molecule has 4 N–H and O–H groups in total. The normalized spacial score (nSPS) is 38.1. The largest absolute Gasteiger partial charge is 0.461 e. The molecule has 0 radical (unpaired) electrons. The number of fused-ring (bicyclic) bond motifs is 5. The van der Waals surface area contributed by atoms with Crippen molar-refractivity contribution in [1.29, 1.82) is 0 Å². The molecule has 5 unspecified atom stereocenters. The molecule has 0 aromatic carbocycles. The van der Waals surface area contributed by atoms with E-state index in [1.54, 1.807) is 5.57 Å². The number of ether oxygens (including phenoxy) is 1. The fraction of sp³-hybridized carbons (Fsp3) is 0.912. The van der Waals surface area contributed by atoms with Gasteiger partial charge in [-0.1, -0.05) is 78.4 Å². The van der Waals surface area contributed by atoms with Gasteiger partial charge in [-0.25, -0.2) is 0 Å². The van der Waals surface area contributed by atoms with Crippen molar-refractivity contribution in [2.45, 2.75) is 143 Å². The minimum atomic E-state index is -0.495. The number of allylic oxidation sites excluding steroid dienone is 1. The van der Waals surface area contributed by atoms with Crippen LogP contribution >= 0.6 is 0 Å². The van der Waals surface area contributed by atoms with E-state index in [0.717, 1.165) is 74.0 Å². The molecule has 3 saturated carbocycles. The third-order valence-electron chi connectivity index (χ3n) is 12.1. The standard InChI is InChI=1S/C34H60N2O2/c1-23(2)10-9-11-24(3)28-15-16-29-27-14-13-25-22-26(38-32(37)31(36)12-7-6-8-21-35)17-19-33(25,4)30(27)18-20-34(28,29)5/h13,23-24,26-31H,6-12,14-22,35-36H2,1-5H3/t24-,26?,27?,28-,29?,30?,31?,33+,34-/m1/s1. The number of rotatable bonds is 12. The molecule has 0 amide bonds. The summed E-state index contributed by atoms with van der Waals surface area (Å²) in [7, 11) is 0. The topological polar surface area (TPSA) is 78.3 Å². The Morgan fingerprint density at radius 1 is 0.974 bits per heavy atom. The minimum Gasteiger partial charge on any atom is -0.461 e. The Balaban J connectivity index is 1.35. The molecule has 9 atom stereocenters. The monoisotopic (exact) mass is 528 g/mol. The zero-order valence-electron chi connectivity index (χ0n) is 25.5. The van der Waals surface area contributed by atoms with Crippen LogP contribution in [0.4, 0.5) is 0 Å². The maximum absolute atomic E-state index is 12.7. The molecule has 0 bridgehead atoms. The molecule has 38 heavy (non-hydrogen) atoms. The van der Waals surface area contributed by atoms with Crippen molar-refractivity contribution in [2.75, 3.05) is 6.54 Å². The molecule has 0 aliphatic heterocycles. The van der Waals surface area contributed by atoms with Crippen LogP contribution in [0, 0.1) is 46.3 Å². The first-order valence-corrected chi connectivity index (χ1v) is 16.5. The van der Waals surface area contributed by atoms with Crippen LogP contribution in [0.3, 0.4) is 0 Å². The Bertz CT molecular complexity index is 823. The van der Waals surface area contributed by atoms with E-state index in [-0.39, 0.29) is 12.1 Å². The highest BCUT2D eigenvalue weighted by Crippen LogP contribution is 2.67. The fourth-order valence-corrected chi connectivity index (χ4v) is 9.81. The quantitative estimate of drug-likeness (QED) is 0.154. The Labute approximate surface area is 234 Å². The van der Waals surface area contributed by atoms with Crippen LogP contribution in [0.15, 0.2) is 11.6 Å². The summed E-state index contributed by atoms with van der Waals surface area (Å²) in [6.45, 7) is 13.2. The number of esters is 1. The van der Waals surface area contributed by atoms with Gasteiger partial charge in [0, 0.05) is 6.42 Å². The first kappa shape index (κ1) is 30.1. The van der Waals surface area contributed by atoms with E-state index < -0.39 is 6.04 Å². The lowest BCUT2D eigenvalue weighted by Crippen LogP contribution is -2.51. The maximum Gasteiger partial charge on any atom is 0.323 e. The van der Waals surface area contributed by atoms with Crippen LogP contribution in [0.1, 0.15) is 131 Å². The third kappa shape index (κ3) is 6.22. The maximum atomic E-state index is 12.7. The van der Waals surface area contributed by atoms with Gasteiger partial charge in [0.1, 0.15) is 12.1 Å². The molecule has 0 aromatic rings. The van der Waals surface area contributed by atoms with Crippen LogP contribution in [0.2, 0.25) is 0 Å². The van der Waals surface area contributed by atoms with Gasteiger partial charge in [-0.2, -0.15) is 0 Å². The van der Waals surface area contributed by atoms with Gasteiger partial charge in [-0.15, -0.1) is 0 Å².